The van der Waals surface area contributed by atoms with Gasteiger partial charge in [0.15, 0.2) is 0 Å². The molecule has 0 saturated carbocycles. The standard InChI is InChI=1S/C10H12ClN/c1-4-8-7-9(11)5-6-10(8)12(2)3/h4-7H,1H2,2-3H3. The van der Waals surface area contributed by atoms with E-state index in [1.807, 2.05) is 37.2 Å². The number of nitrogens with zero attached hydrogens (tertiary/aromatic N) is 1. The summed E-state index contributed by atoms with van der Waals surface area (Å²) in [7, 11) is 3.99. The fourth-order valence-electron chi connectivity index (χ4n) is 1.10. The molecule has 0 unspecified atom stereocenters. The van der Waals surface area contributed by atoms with E-state index in [4.69, 9.17) is 11.6 Å². The molecule has 1 aromatic rings. The first-order chi connectivity index (χ1) is 5.65. The molecule has 0 aliphatic rings. The van der Waals surface area contributed by atoms with Gasteiger partial charge in [-0.1, -0.05) is 24.3 Å². The third-order valence-electron chi connectivity index (χ3n) is 1.69. The first kappa shape index (κ1) is 9.14. The van der Waals surface area contributed by atoms with Gasteiger partial charge in [0.1, 0.15) is 0 Å². The average molecular weight is 182 g/mol. The predicted molar refractivity (Wildman–Crippen MR) is 55.9 cm³/mol. The van der Waals surface area contributed by atoms with E-state index in [1.165, 1.54) is 0 Å². The highest BCUT2D eigenvalue weighted by molar-refractivity contribution is 6.30. The summed E-state index contributed by atoms with van der Waals surface area (Å²) in [4.78, 5) is 2.04. The SMILES string of the molecule is C=Cc1cc(Cl)ccc1N(C)C. The van der Waals surface area contributed by atoms with Crippen molar-refractivity contribution in [2.45, 2.75) is 0 Å². The van der Waals surface area contributed by atoms with Crippen LogP contribution in [-0.2, 0) is 0 Å². The van der Waals surface area contributed by atoms with Crippen LogP contribution in [0.2, 0.25) is 5.02 Å². The van der Waals surface area contributed by atoms with Crippen molar-refractivity contribution >= 4 is 23.4 Å². The van der Waals surface area contributed by atoms with Gasteiger partial charge in [0.25, 0.3) is 0 Å². The highest BCUT2D eigenvalue weighted by Gasteiger charge is 2.00. The molecular formula is C10H12ClN. The molecule has 0 heterocycles. The lowest BCUT2D eigenvalue weighted by Crippen LogP contribution is -2.09. The third kappa shape index (κ3) is 1.80. The summed E-state index contributed by atoms with van der Waals surface area (Å²) < 4.78 is 0. The molecule has 64 valence electrons. The Morgan fingerprint density at radius 1 is 1.42 bits per heavy atom. The van der Waals surface area contributed by atoms with Crippen molar-refractivity contribution in [2.24, 2.45) is 0 Å². The van der Waals surface area contributed by atoms with Gasteiger partial charge in [-0.05, 0) is 23.8 Å². The van der Waals surface area contributed by atoms with Gasteiger partial charge in [0, 0.05) is 24.8 Å². The van der Waals surface area contributed by atoms with Crippen molar-refractivity contribution < 1.29 is 0 Å². The number of halogens is 1. The van der Waals surface area contributed by atoms with E-state index in [-0.39, 0.29) is 0 Å². The fourth-order valence-corrected chi connectivity index (χ4v) is 1.28. The lowest BCUT2D eigenvalue weighted by atomic mass is 10.1. The van der Waals surface area contributed by atoms with Crippen LogP contribution in [0.3, 0.4) is 0 Å². The second-order valence-corrected chi connectivity index (χ2v) is 3.24. The molecule has 0 aliphatic heterocycles. The maximum atomic E-state index is 5.83. The van der Waals surface area contributed by atoms with E-state index in [0.29, 0.717) is 0 Å². The quantitative estimate of drug-likeness (QED) is 0.678. The molecule has 0 saturated heterocycles. The van der Waals surface area contributed by atoms with Crippen molar-refractivity contribution in [3.8, 4) is 0 Å². The Kier molecular flexibility index (Phi) is 2.77. The number of rotatable bonds is 2. The minimum Gasteiger partial charge on any atom is -0.377 e. The van der Waals surface area contributed by atoms with E-state index in [2.05, 4.69) is 6.58 Å². The van der Waals surface area contributed by atoms with E-state index in [0.717, 1.165) is 16.3 Å². The first-order valence-corrected chi connectivity index (χ1v) is 4.12. The van der Waals surface area contributed by atoms with Gasteiger partial charge >= 0.3 is 0 Å². The molecule has 0 amide bonds. The Morgan fingerprint density at radius 2 is 2.08 bits per heavy atom. The van der Waals surface area contributed by atoms with Crippen LogP contribution in [0, 0.1) is 0 Å². The first-order valence-electron chi connectivity index (χ1n) is 3.74. The Hall–Kier alpha value is -0.950. The summed E-state index contributed by atoms with van der Waals surface area (Å²) in [5.74, 6) is 0. The molecule has 1 nitrogen and oxygen atoms in total. The van der Waals surface area contributed by atoms with Crippen LogP contribution in [0.15, 0.2) is 24.8 Å². The molecule has 1 aromatic carbocycles. The minimum atomic E-state index is 0.746. The summed E-state index contributed by atoms with van der Waals surface area (Å²) >= 11 is 5.83. The maximum absolute atomic E-state index is 5.83. The lowest BCUT2D eigenvalue weighted by molar-refractivity contribution is 1.13. The largest absolute Gasteiger partial charge is 0.377 e. The summed E-state index contributed by atoms with van der Waals surface area (Å²) in [5, 5.41) is 0.746. The molecule has 2 heteroatoms. The van der Waals surface area contributed by atoms with E-state index >= 15 is 0 Å². The van der Waals surface area contributed by atoms with Crippen LogP contribution in [0.5, 0.6) is 0 Å². The number of hydrogen-bond acceptors (Lipinski definition) is 1. The number of hydrogen-bond donors (Lipinski definition) is 0. The van der Waals surface area contributed by atoms with Crippen LogP contribution in [0.25, 0.3) is 6.08 Å². The fraction of sp³-hybridized carbons (Fsp3) is 0.200. The molecule has 0 radical (unpaired) electrons. The molecule has 0 bridgehead atoms. The summed E-state index contributed by atoms with van der Waals surface area (Å²) in [6.45, 7) is 3.73. The van der Waals surface area contributed by atoms with Crippen LogP contribution >= 0.6 is 11.6 Å². The predicted octanol–water partition coefficient (Wildman–Crippen LogP) is 3.05. The minimum absolute atomic E-state index is 0.746. The second-order valence-electron chi connectivity index (χ2n) is 2.80. The molecule has 0 atom stereocenters. The van der Waals surface area contributed by atoms with Crippen molar-refractivity contribution in [2.75, 3.05) is 19.0 Å². The van der Waals surface area contributed by atoms with Gasteiger partial charge in [0.2, 0.25) is 0 Å². The van der Waals surface area contributed by atoms with Gasteiger partial charge in [-0.25, -0.2) is 0 Å². The van der Waals surface area contributed by atoms with Gasteiger partial charge in [-0.2, -0.15) is 0 Å². The molecule has 0 aromatic heterocycles. The van der Waals surface area contributed by atoms with E-state index in [9.17, 15) is 0 Å². The highest BCUT2D eigenvalue weighted by Crippen LogP contribution is 2.23. The van der Waals surface area contributed by atoms with Gasteiger partial charge < -0.3 is 4.90 Å². The Morgan fingerprint density at radius 3 is 2.58 bits per heavy atom. The maximum Gasteiger partial charge on any atom is 0.0435 e. The zero-order valence-corrected chi connectivity index (χ0v) is 8.10. The molecule has 0 spiro atoms. The molecule has 1 rings (SSSR count). The van der Waals surface area contributed by atoms with Crippen LogP contribution < -0.4 is 4.90 Å². The van der Waals surface area contributed by atoms with Gasteiger partial charge in [-0.15, -0.1) is 0 Å². The second kappa shape index (κ2) is 3.63. The summed E-state index contributed by atoms with van der Waals surface area (Å²) in [6.07, 6.45) is 1.81. The van der Waals surface area contributed by atoms with Crippen LogP contribution in [0.4, 0.5) is 5.69 Å². The zero-order chi connectivity index (χ0) is 9.14. The molecular weight excluding hydrogens is 170 g/mol. The van der Waals surface area contributed by atoms with E-state index < -0.39 is 0 Å². The molecule has 12 heavy (non-hydrogen) atoms. The van der Waals surface area contributed by atoms with E-state index in [1.54, 1.807) is 6.08 Å². The number of benzene rings is 1. The van der Waals surface area contributed by atoms with Gasteiger partial charge in [0.05, 0.1) is 0 Å². The molecule has 0 N–H and O–H groups in total. The Balaban J connectivity index is 3.20. The molecule has 0 fully saturated rings. The zero-order valence-electron chi connectivity index (χ0n) is 7.34. The van der Waals surface area contributed by atoms with Crippen LogP contribution in [0.1, 0.15) is 5.56 Å². The van der Waals surface area contributed by atoms with Crippen LogP contribution in [-0.4, -0.2) is 14.1 Å². The average Bonchev–Trinajstić information content (AvgIpc) is 2.03. The van der Waals surface area contributed by atoms with Crippen molar-refractivity contribution in [3.63, 3.8) is 0 Å². The summed E-state index contributed by atoms with van der Waals surface area (Å²) in [6, 6.07) is 5.77. The Labute approximate surface area is 78.3 Å². The smallest absolute Gasteiger partial charge is 0.0435 e. The monoisotopic (exact) mass is 181 g/mol. The molecule has 0 aliphatic carbocycles. The lowest BCUT2D eigenvalue weighted by Gasteiger charge is -2.15. The van der Waals surface area contributed by atoms with Gasteiger partial charge in [-0.3, -0.25) is 0 Å². The van der Waals surface area contributed by atoms with Crippen molar-refractivity contribution in [1.82, 2.24) is 0 Å². The third-order valence-corrected chi connectivity index (χ3v) is 1.93. The topological polar surface area (TPSA) is 3.24 Å². The highest BCUT2D eigenvalue weighted by atomic mass is 35.5. The van der Waals surface area contributed by atoms with Crippen molar-refractivity contribution in [1.29, 1.82) is 0 Å². The summed E-state index contributed by atoms with van der Waals surface area (Å²) in [5.41, 5.74) is 2.20. The number of anilines is 1. The normalized spacial score (nSPS) is 9.58. The van der Waals surface area contributed by atoms with Crippen molar-refractivity contribution in [3.05, 3.63) is 35.4 Å². The Bertz CT molecular complexity index is 292.